The van der Waals surface area contributed by atoms with Gasteiger partial charge >= 0.3 is 0 Å². The van der Waals surface area contributed by atoms with E-state index in [0.717, 1.165) is 29.2 Å². The van der Waals surface area contributed by atoms with Crippen molar-refractivity contribution in [2.45, 2.75) is 37.4 Å². The van der Waals surface area contributed by atoms with Crippen LogP contribution in [0.1, 0.15) is 31.9 Å². The molecule has 1 amide bonds. The predicted octanol–water partition coefficient (Wildman–Crippen LogP) is 3.20. The van der Waals surface area contributed by atoms with Gasteiger partial charge in [0.25, 0.3) is 5.91 Å². The number of carbonyl (C=O) groups is 1. The van der Waals surface area contributed by atoms with Crippen molar-refractivity contribution in [1.29, 1.82) is 0 Å². The van der Waals surface area contributed by atoms with Crippen molar-refractivity contribution >= 4 is 11.6 Å². The molecule has 1 saturated carbocycles. The van der Waals surface area contributed by atoms with Crippen molar-refractivity contribution in [1.82, 2.24) is 14.5 Å². The van der Waals surface area contributed by atoms with Gasteiger partial charge in [-0.1, -0.05) is 12.2 Å². The number of hydrogen-bond donors (Lipinski definition) is 0. The number of anilines is 1. The molecule has 2 aliphatic heterocycles. The molecular formula is C21H23FN4O. The fraction of sp³-hybridized carbons (Fsp3) is 0.429. The molecule has 27 heavy (non-hydrogen) atoms. The Balaban J connectivity index is 1.62. The highest BCUT2D eigenvalue weighted by Gasteiger charge is 2.57. The van der Waals surface area contributed by atoms with E-state index in [-0.39, 0.29) is 11.4 Å². The number of alkyl halides is 1. The molecule has 1 aliphatic carbocycles. The van der Waals surface area contributed by atoms with Crippen LogP contribution in [0.5, 0.6) is 0 Å². The molecule has 5 rings (SSSR count). The van der Waals surface area contributed by atoms with E-state index >= 15 is 0 Å². The van der Waals surface area contributed by atoms with Crippen LogP contribution in [0.15, 0.2) is 48.8 Å². The Morgan fingerprint density at radius 2 is 2.11 bits per heavy atom. The second-order valence-electron chi connectivity index (χ2n) is 8.13. The van der Waals surface area contributed by atoms with E-state index in [1.165, 1.54) is 0 Å². The fourth-order valence-corrected chi connectivity index (χ4v) is 4.61. The smallest absolute Gasteiger partial charge is 0.260 e. The van der Waals surface area contributed by atoms with Gasteiger partial charge in [0.2, 0.25) is 0 Å². The first kappa shape index (κ1) is 16.5. The first-order valence-electron chi connectivity index (χ1n) is 9.48. The van der Waals surface area contributed by atoms with Gasteiger partial charge < -0.3 is 14.4 Å². The molecule has 0 radical (unpaired) electrons. The number of halogens is 1. The molecule has 2 fully saturated rings. The molecule has 0 unspecified atom stereocenters. The molecule has 4 heterocycles. The van der Waals surface area contributed by atoms with Gasteiger partial charge in [-0.3, -0.25) is 4.79 Å². The normalized spacial score (nSPS) is 24.7. The lowest BCUT2D eigenvalue weighted by atomic mass is 9.88. The highest BCUT2D eigenvalue weighted by Crippen LogP contribution is 2.49. The largest absolute Gasteiger partial charge is 0.351 e. The summed E-state index contributed by atoms with van der Waals surface area (Å²) in [6.07, 6.45) is 5.29. The zero-order valence-electron chi connectivity index (χ0n) is 15.5. The summed E-state index contributed by atoms with van der Waals surface area (Å²) in [5.74, 6) is 0.544. The molecule has 5 nitrogen and oxygen atoms in total. The van der Waals surface area contributed by atoms with Crippen LogP contribution in [-0.2, 0) is 10.3 Å². The van der Waals surface area contributed by atoms with Crippen LogP contribution in [0, 0.1) is 0 Å². The molecule has 1 atom stereocenters. The van der Waals surface area contributed by atoms with Crippen LogP contribution >= 0.6 is 0 Å². The van der Waals surface area contributed by atoms with Gasteiger partial charge in [-0.15, -0.1) is 0 Å². The van der Waals surface area contributed by atoms with Gasteiger partial charge in [0.1, 0.15) is 5.54 Å². The molecule has 6 heteroatoms. The Labute approximate surface area is 158 Å². The summed E-state index contributed by atoms with van der Waals surface area (Å²) in [7, 11) is 0. The number of likely N-dealkylation sites (tertiary alicyclic amines) is 1. The maximum Gasteiger partial charge on any atom is 0.260 e. The van der Waals surface area contributed by atoms with Crippen LogP contribution in [0.4, 0.5) is 10.1 Å². The molecule has 1 saturated heterocycles. The minimum Gasteiger partial charge on any atom is -0.351 e. The fourth-order valence-electron chi connectivity index (χ4n) is 4.61. The highest BCUT2D eigenvalue weighted by molar-refractivity contribution is 5.88. The van der Waals surface area contributed by atoms with Gasteiger partial charge in [0.05, 0.1) is 11.4 Å². The minimum absolute atomic E-state index is 0.343. The standard InChI is InChI=1S/C21H23FN4O/c1-15(2)13-26-16-5-3-10-23-18(16)25-11-4-6-17(25)21(26)9-12-24(14-21)19(27)20(22)7-8-20/h3-6,10-11H,1,7-9,12-14H2,2H3/t21-/m0/s1. The van der Waals surface area contributed by atoms with Crippen LogP contribution in [0.25, 0.3) is 5.82 Å². The third-order valence-corrected chi connectivity index (χ3v) is 6.06. The summed E-state index contributed by atoms with van der Waals surface area (Å²) in [6, 6.07) is 8.12. The van der Waals surface area contributed by atoms with E-state index in [4.69, 9.17) is 0 Å². The number of nitrogens with zero attached hydrogens (tertiary/aromatic N) is 4. The van der Waals surface area contributed by atoms with E-state index < -0.39 is 5.67 Å². The topological polar surface area (TPSA) is 41.4 Å². The summed E-state index contributed by atoms with van der Waals surface area (Å²) in [4.78, 5) is 21.3. The first-order chi connectivity index (χ1) is 12.9. The number of fused-ring (bicyclic) bond motifs is 4. The number of pyridine rings is 1. The molecular weight excluding hydrogens is 343 g/mol. The van der Waals surface area contributed by atoms with Gasteiger partial charge in [0, 0.05) is 32.0 Å². The zero-order chi connectivity index (χ0) is 18.8. The van der Waals surface area contributed by atoms with Crippen molar-refractivity contribution < 1.29 is 9.18 Å². The Morgan fingerprint density at radius 1 is 1.30 bits per heavy atom. The third-order valence-electron chi connectivity index (χ3n) is 6.06. The van der Waals surface area contributed by atoms with Crippen molar-refractivity contribution in [2.24, 2.45) is 0 Å². The Bertz CT molecular complexity index is 947. The number of rotatable bonds is 3. The average molecular weight is 366 g/mol. The Kier molecular flexibility index (Phi) is 3.33. The second-order valence-corrected chi connectivity index (χ2v) is 8.13. The summed E-state index contributed by atoms with van der Waals surface area (Å²) in [5.41, 5.74) is 1.16. The quantitative estimate of drug-likeness (QED) is 0.784. The summed E-state index contributed by atoms with van der Waals surface area (Å²) in [5, 5.41) is 0. The second kappa shape index (κ2) is 5.44. The number of carbonyl (C=O) groups excluding carboxylic acids is 1. The lowest BCUT2D eigenvalue weighted by Gasteiger charge is -2.47. The maximum absolute atomic E-state index is 14.4. The average Bonchev–Trinajstić information content (AvgIpc) is 3.08. The molecule has 0 N–H and O–H groups in total. The van der Waals surface area contributed by atoms with E-state index in [9.17, 15) is 9.18 Å². The van der Waals surface area contributed by atoms with Crippen LogP contribution < -0.4 is 4.90 Å². The van der Waals surface area contributed by atoms with Crippen molar-refractivity contribution in [3.05, 3.63) is 54.5 Å². The minimum atomic E-state index is -1.62. The summed E-state index contributed by atoms with van der Waals surface area (Å²) in [6.45, 7) is 7.85. The molecule has 1 spiro atoms. The maximum atomic E-state index is 14.4. The van der Waals surface area contributed by atoms with Gasteiger partial charge in [-0.25, -0.2) is 9.37 Å². The van der Waals surface area contributed by atoms with Crippen LogP contribution in [0.2, 0.25) is 0 Å². The lowest BCUT2D eigenvalue weighted by Crippen LogP contribution is -2.53. The van der Waals surface area contributed by atoms with Gasteiger partial charge in [-0.05, 0) is 50.5 Å². The summed E-state index contributed by atoms with van der Waals surface area (Å²) >= 11 is 0. The lowest BCUT2D eigenvalue weighted by molar-refractivity contribution is -0.137. The van der Waals surface area contributed by atoms with Crippen molar-refractivity contribution in [2.75, 3.05) is 24.5 Å². The predicted molar refractivity (Wildman–Crippen MR) is 102 cm³/mol. The van der Waals surface area contributed by atoms with E-state index in [0.29, 0.717) is 32.5 Å². The van der Waals surface area contributed by atoms with Crippen molar-refractivity contribution in [3.63, 3.8) is 0 Å². The molecule has 2 aromatic heterocycles. The molecule has 0 bridgehead atoms. The van der Waals surface area contributed by atoms with Crippen molar-refractivity contribution in [3.8, 4) is 5.82 Å². The number of amides is 1. The highest BCUT2D eigenvalue weighted by atomic mass is 19.1. The van der Waals surface area contributed by atoms with Crippen LogP contribution in [0.3, 0.4) is 0 Å². The third kappa shape index (κ3) is 2.28. The van der Waals surface area contributed by atoms with Crippen LogP contribution in [-0.4, -0.2) is 45.7 Å². The molecule has 0 aromatic carbocycles. The molecule has 3 aliphatic rings. The van der Waals surface area contributed by atoms with E-state index in [1.807, 2.05) is 25.3 Å². The van der Waals surface area contributed by atoms with E-state index in [1.54, 1.807) is 11.1 Å². The van der Waals surface area contributed by atoms with Gasteiger partial charge in [-0.2, -0.15) is 0 Å². The Morgan fingerprint density at radius 3 is 2.85 bits per heavy atom. The molecule has 2 aromatic rings. The summed E-state index contributed by atoms with van der Waals surface area (Å²) < 4.78 is 16.6. The number of aromatic nitrogens is 2. The number of hydrogen-bond acceptors (Lipinski definition) is 3. The monoisotopic (exact) mass is 366 g/mol. The van der Waals surface area contributed by atoms with Gasteiger partial charge in [0.15, 0.2) is 11.5 Å². The first-order valence-corrected chi connectivity index (χ1v) is 9.48. The SMILES string of the molecule is C=C(C)CN1c2cccnc2-n2cccc2[C@@]12CCN(C(=O)C1(F)CC1)C2. The zero-order valence-corrected chi connectivity index (χ0v) is 15.5. The Hall–Kier alpha value is -2.63. The van der Waals surface area contributed by atoms with E-state index in [2.05, 4.69) is 33.2 Å². The molecule has 140 valence electrons.